The van der Waals surface area contributed by atoms with E-state index >= 15 is 0 Å². The average molecular weight is 336 g/mol. The van der Waals surface area contributed by atoms with Crippen LogP contribution in [0.1, 0.15) is 0 Å². The first-order valence-corrected chi connectivity index (χ1v) is 8.29. The van der Waals surface area contributed by atoms with Gasteiger partial charge in [-0.1, -0.05) is 0 Å². The molecule has 0 aromatic heterocycles. The van der Waals surface area contributed by atoms with Crippen LogP contribution < -0.4 is 18.2 Å². The van der Waals surface area contributed by atoms with Crippen LogP contribution in [-0.4, -0.2) is 36.6 Å². The molecule has 0 aliphatic carbocycles. The first kappa shape index (κ1) is 17.0. The van der Waals surface area contributed by atoms with Crippen LogP contribution in [0.2, 0.25) is 0 Å². The van der Waals surface area contributed by atoms with Crippen molar-refractivity contribution >= 4 is 21.8 Å². The third kappa shape index (κ3) is 4.79. The molecule has 0 aliphatic heterocycles. The lowest BCUT2D eigenvalue weighted by Crippen LogP contribution is -2.16. The lowest BCUT2D eigenvalue weighted by atomic mass is 10.3. The van der Waals surface area contributed by atoms with Gasteiger partial charge in [-0.3, -0.25) is 0 Å². The second kappa shape index (κ2) is 6.78. The van der Waals surface area contributed by atoms with Gasteiger partial charge in [0.2, 0.25) is 0 Å². The Kier molecular flexibility index (Phi) is 5.00. The molecule has 0 spiro atoms. The van der Waals surface area contributed by atoms with Crippen molar-refractivity contribution in [3.63, 3.8) is 0 Å². The topological polar surface area (TPSA) is 59.1 Å². The minimum absolute atomic E-state index is 0.195. The summed E-state index contributed by atoms with van der Waals surface area (Å²) < 4.78 is 33.8. The molecule has 0 unspecified atom stereocenters. The average Bonchev–Trinajstić information content (AvgIpc) is 2.47. The van der Waals surface area contributed by atoms with Gasteiger partial charge in [0, 0.05) is 39.6 Å². The van der Waals surface area contributed by atoms with Gasteiger partial charge in [-0.15, -0.1) is 8.42 Å². The molecule has 2 aromatic rings. The molecular weight excluding hydrogens is 316 g/mol. The molecule has 0 bridgehead atoms. The van der Waals surface area contributed by atoms with Crippen molar-refractivity contribution in [1.82, 2.24) is 0 Å². The number of hydrogen-bond donors (Lipinski definition) is 0. The second-order valence-electron chi connectivity index (χ2n) is 5.35. The van der Waals surface area contributed by atoms with Gasteiger partial charge in [0.05, 0.1) is 0 Å². The van der Waals surface area contributed by atoms with Crippen LogP contribution in [0, 0.1) is 0 Å². The van der Waals surface area contributed by atoms with E-state index in [2.05, 4.69) is 0 Å². The fourth-order valence-electron chi connectivity index (χ4n) is 1.85. The Balaban J connectivity index is 2.06. The van der Waals surface area contributed by atoms with Crippen LogP contribution in [0.15, 0.2) is 48.5 Å². The Morgan fingerprint density at radius 1 is 0.652 bits per heavy atom. The third-order valence-corrected chi connectivity index (χ3v) is 3.90. The molecule has 0 radical (unpaired) electrons. The lowest BCUT2D eigenvalue weighted by Gasteiger charge is -2.14. The summed E-state index contributed by atoms with van der Waals surface area (Å²) in [6.07, 6.45) is 0. The van der Waals surface area contributed by atoms with Gasteiger partial charge in [-0.25, -0.2) is 0 Å². The molecule has 0 fully saturated rings. The van der Waals surface area contributed by atoms with Crippen LogP contribution in [0.4, 0.5) is 11.4 Å². The first-order valence-electron chi connectivity index (χ1n) is 6.95. The number of nitrogens with zero attached hydrogens (tertiary/aromatic N) is 2. The molecule has 23 heavy (non-hydrogen) atoms. The summed E-state index contributed by atoms with van der Waals surface area (Å²) in [7, 11) is 3.40. The second-order valence-corrected chi connectivity index (χ2v) is 6.50. The van der Waals surface area contributed by atoms with Crippen molar-refractivity contribution in [1.29, 1.82) is 0 Å². The SMILES string of the molecule is CN(C)c1ccc(OS(=O)(=O)Oc2ccc(N(C)C)cc2)cc1. The molecular formula is C16H20N2O4S. The smallest absolute Gasteiger partial charge is 0.378 e. The van der Waals surface area contributed by atoms with E-state index in [9.17, 15) is 8.42 Å². The Morgan fingerprint density at radius 3 is 1.22 bits per heavy atom. The van der Waals surface area contributed by atoms with E-state index in [1.54, 1.807) is 48.5 Å². The molecule has 6 nitrogen and oxygen atoms in total. The summed E-state index contributed by atoms with van der Waals surface area (Å²) in [5.41, 5.74) is 1.88. The highest BCUT2D eigenvalue weighted by Crippen LogP contribution is 2.22. The van der Waals surface area contributed by atoms with Crippen molar-refractivity contribution in [2.45, 2.75) is 0 Å². The molecule has 2 aromatic carbocycles. The Hall–Kier alpha value is -2.41. The summed E-state index contributed by atoms with van der Waals surface area (Å²) >= 11 is 0. The largest absolute Gasteiger partial charge is 0.500 e. The molecule has 2 rings (SSSR count). The maximum absolute atomic E-state index is 11.9. The zero-order chi connectivity index (χ0) is 17.0. The van der Waals surface area contributed by atoms with E-state index in [1.807, 2.05) is 38.0 Å². The molecule has 0 atom stereocenters. The van der Waals surface area contributed by atoms with Gasteiger partial charge in [0.1, 0.15) is 11.5 Å². The van der Waals surface area contributed by atoms with E-state index in [-0.39, 0.29) is 11.5 Å². The molecule has 7 heteroatoms. The Labute approximate surface area is 137 Å². The normalized spacial score (nSPS) is 11.0. The number of anilines is 2. The zero-order valence-electron chi connectivity index (χ0n) is 13.6. The van der Waals surface area contributed by atoms with Crippen molar-refractivity contribution in [3.05, 3.63) is 48.5 Å². The maximum Gasteiger partial charge on any atom is 0.500 e. The van der Waals surface area contributed by atoms with Gasteiger partial charge < -0.3 is 18.2 Å². The predicted molar refractivity (Wildman–Crippen MR) is 91.7 cm³/mol. The molecule has 0 saturated heterocycles. The highest BCUT2D eigenvalue weighted by atomic mass is 32.3. The number of hydrogen-bond acceptors (Lipinski definition) is 6. The summed E-state index contributed by atoms with van der Waals surface area (Å²) in [5.74, 6) is 0.390. The van der Waals surface area contributed by atoms with Crippen LogP contribution in [0.3, 0.4) is 0 Å². The van der Waals surface area contributed by atoms with Crippen molar-refractivity contribution in [3.8, 4) is 11.5 Å². The maximum atomic E-state index is 11.9. The van der Waals surface area contributed by atoms with Crippen molar-refractivity contribution in [2.75, 3.05) is 38.0 Å². The van der Waals surface area contributed by atoms with Gasteiger partial charge in [0.15, 0.2) is 0 Å². The summed E-state index contributed by atoms with van der Waals surface area (Å²) in [6, 6.07) is 13.3. The van der Waals surface area contributed by atoms with Gasteiger partial charge in [0.25, 0.3) is 0 Å². The number of benzene rings is 2. The van der Waals surface area contributed by atoms with E-state index in [0.29, 0.717) is 0 Å². The predicted octanol–water partition coefficient (Wildman–Crippen LogP) is 2.52. The highest BCUT2D eigenvalue weighted by molar-refractivity contribution is 7.82. The lowest BCUT2D eigenvalue weighted by molar-refractivity contribution is 0.392. The Morgan fingerprint density at radius 2 is 0.957 bits per heavy atom. The minimum atomic E-state index is -4.18. The molecule has 0 saturated carbocycles. The monoisotopic (exact) mass is 336 g/mol. The van der Waals surface area contributed by atoms with Crippen molar-refractivity contribution in [2.24, 2.45) is 0 Å². The van der Waals surface area contributed by atoms with Crippen LogP contribution in [-0.2, 0) is 10.4 Å². The van der Waals surface area contributed by atoms with E-state index in [1.165, 1.54) is 0 Å². The van der Waals surface area contributed by atoms with Crippen LogP contribution >= 0.6 is 0 Å². The third-order valence-electron chi connectivity index (χ3n) is 3.10. The summed E-state index contributed by atoms with van der Waals surface area (Å²) in [6.45, 7) is 0. The number of rotatable bonds is 6. The van der Waals surface area contributed by atoms with Crippen LogP contribution in [0.25, 0.3) is 0 Å². The summed E-state index contributed by atoms with van der Waals surface area (Å²) in [4.78, 5) is 3.81. The molecule has 0 N–H and O–H groups in total. The Bertz CT molecular complexity index is 679. The quantitative estimate of drug-likeness (QED) is 0.808. The zero-order valence-corrected chi connectivity index (χ0v) is 14.4. The van der Waals surface area contributed by atoms with E-state index in [4.69, 9.17) is 8.37 Å². The van der Waals surface area contributed by atoms with Crippen molar-refractivity contribution < 1.29 is 16.8 Å². The standard InChI is InChI=1S/C16H20N2O4S/c1-17(2)13-5-9-15(10-6-13)21-23(19,20)22-16-11-7-14(8-12-16)18(3)4/h5-12H,1-4H3. The van der Waals surface area contributed by atoms with E-state index < -0.39 is 10.4 Å². The van der Waals surface area contributed by atoms with Gasteiger partial charge in [-0.05, 0) is 48.5 Å². The fraction of sp³-hybridized carbons (Fsp3) is 0.250. The minimum Gasteiger partial charge on any atom is -0.378 e. The van der Waals surface area contributed by atoms with E-state index in [0.717, 1.165) is 11.4 Å². The highest BCUT2D eigenvalue weighted by Gasteiger charge is 2.16. The molecule has 0 amide bonds. The molecule has 0 aliphatic rings. The fourth-order valence-corrected chi connectivity index (χ4v) is 2.58. The van der Waals surface area contributed by atoms with Gasteiger partial charge in [-0.2, -0.15) is 0 Å². The summed E-state index contributed by atoms with van der Waals surface area (Å²) in [5, 5.41) is 0. The molecule has 124 valence electrons. The molecule has 0 heterocycles. The van der Waals surface area contributed by atoms with Gasteiger partial charge >= 0.3 is 10.4 Å². The van der Waals surface area contributed by atoms with Crippen LogP contribution in [0.5, 0.6) is 11.5 Å². The first-order chi connectivity index (χ1) is 10.8.